The van der Waals surface area contributed by atoms with Crippen molar-refractivity contribution < 1.29 is 13.9 Å². The van der Waals surface area contributed by atoms with Gasteiger partial charge in [-0.2, -0.15) is 0 Å². The van der Waals surface area contributed by atoms with Gasteiger partial charge in [0.25, 0.3) is 5.91 Å². The topological polar surface area (TPSA) is 73.1 Å². The zero-order valence-electron chi connectivity index (χ0n) is 12.9. The molecule has 0 bridgehead atoms. The van der Waals surface area contributed by atoms with Gasteiger partial charge in [0.2, 0.25) is 0 Å². The van der Waals surface area contributed by atoms with Crippen molar-refractivity contribution in [3.8, 4) is 5.75 Å². The predicted octanol–water partition coefficient (Wildman–Crippen LogP) is 1.13. The fourth-order valence-corrected chi connectivity index (χ4v) is 2.76. The van der Waals surface area contributed by atoms with Gasteiger partial charge in [0, 0.05) is 26.1 Å². The number of aryl methyl sites for hydroxylation is 1. The van der Waals surface area contributed by atoms with E-state index in [0.717, 1.165) is 18.7 Å². The van der Waals surface area contributed by atoms with E-state index < -0.39 is 0 Å². The molecule has 7 nitrogen and oxygen atoms in total. The number of benzene rings is 1. The van der Waals surface area contributed by atoms with Crippen molar-refractivity contribution in [1.82, 2.24) is 25.1 Å². The summed E-state index contributed by atoms with van der Waals surface area (Å²) in [7, 11) is 1.80. The molecule has 2 heterocycles. The second-order valence-corrected chi connectivity index (χ2v) is 5.58. The first-order valence-electron chi connectivity index (χ1n) is 7.52. The first-order chi connectivity index (χ1) is 11.1. The molecule has 1 aliphatic rings. The predicted molar refractivity (Wildman–Crippen MR) is 79.2 cm³/mol. The summed E-state index contributed by atoms with van der Waals surface area (Å²) < 4.78 is 19.9. The van der Waals surface area contributed by atoms with E-state index in [2.05, 4.69) is 15.5 Å². The molecule has 8 heteroatoms. The van der Waals surface area contributed by atoms with Gasteiger partial charge in [-0.15, -0.1) is 5.10 Å². The van der Waals surface area contributed by atoms with Crippen molar-refractivity contribution in [2.45, 2.75) is 18.8 Å². The van der Waals surface area contributed by atoms with Crippen LogP contribution in [0.4, 0.5) is 4.39 Å². The maximum absolute atomic E-state index is 12.8. The fraction of sp³-hybridized carbons (Fsp3) is 0.467. The Morgan fingerprint density at radius 2 is 2.17 bits per heavy atom. The molecule has 3 rings (SSSR count). The molecule has 0 N–H and O–H groups in total. The minimum absolute atomic E-state index is 0.0601. The van der Waals surface area contributed by atoms with E-state index in [9.17, 15) is 9.18 Å². The number of aromatic nitrogens is 4. The lowest BCUT2D eigenvalue weighted by molar-refractivity contribution is -0.134. The lowest BCUT2D eigenvalue weighted by Crippen LogP contribution is -2.42. The average molecular weight is 319 g/mol. The van der Waals surface area contributed by atoms with E-state index in [4.69, 9.17) is 4.74 Å². The Hall–Kier alpha value is -2.51. The van der Waals surface area contributed by atoms with E-state index in [-0.39, 0.29) is 24.2 Å². The van der Waals surface area contributed by atoms with Crippen molar-refractivity contribution >= 4 is 5.91 Å². The summed E-state index contributed by atoms with van der Waals surface area (Å²) in [4.78, 5) is 14.1. The zero-order chi connectivity index (χ0) is 16.2. The van der Waals surface area contributed by atoms with Gasteiger partial charge in [0.1, 0.15) is 11.6 Å². The summed E-state index contributed by atoms with van der Waals surface area (Å²) >= 11 is 0. The van der Waals surface area contributed by atoms with Crippen LogP contribution in [0.5, 0.6) is 5.75 Å². The number of likely N-dealkylation sites (tertiary alicyclic amines) is 1. The summed E-state index contributed by atoms with van der Waals surface area (Å²) in [6, 6.07) is 5.62. The van der Waals surface area contributed by atoms with Gasteiger partial charge in [0.05, 0.1) is 0 Å². The molecular weight excluding hydrogens is 301 g/mol. The van der Waals surface area contributed by atoms with Crippen LogP contribution in [0.2, 0.25) is 0 Å². The zero-order valence-corrected chi connectivity index (χ0v) is 12.9. The molecule has 0 saturated carbocycles. The van der Waals surface area contributed by atoms with Gasteiger partial charge >= 0.3 is 0 Å². The lowest BCUT2D eigenvalue weighted by Gasteiger charge is -2.31. The Labute approximate surface area is 133 Å². The van der Waals surface area contributed by atoms with Crippen LogP contribution in [0, 0.1) is 5.82 Å². The summed E-state index contributed by atoms with van der Waals surface area (Å²) in [6.07, 6.45) is 1.86. The summed E-state index contributed by atoms with van der Waals surface area (Å²) in [6.45, 7) is 1.22. The molecule has 1 aromatic heterocycles. The van der Waals surface area contributed by atoms with Crippen LogP contribution >= 0.6 is 0 Å². The Bertz CT molecular complexity index is 673. The monoisotopic (exact) mass is 319 g/mol. The van der Waals surface area contributed by atoms with Crippen molar-refractivity contribution in [2.75, 3.05) is 19.7 Å². The first-order valence-corrected chi connectivity index (χ1v) is 7.52. The van der Waals surface area contributed by atoms with Gasteiger partial charge in [-0.25, -0.2) is 9.07 Å². The summed E-state index contributed by atoms with van der Waals surface area (Å²) in [5.41, 5.74) is 0. The number of amides is 1. The largest absolute Gasteiger partial charge is 0.484 e. The van der Waals surface area contributed by atoms with Crippen molar-refractivity contribution in [3.63, 3.8) is 0 Å². The quantitative estimate of drug-likeness (QED) is 0.845. The van der Waals surface area contributed by atoms with Crippen LogP contribution < -0.4 is 4.74 Å². The average Bonchev–Trinajstić information content (AvgIpc) is 3.00. The molecule has 23 heavy (non-hydrogen) atoms. The van der Waals surface area contributed by atoms with Crippen LogP contribution in [0.1, 0.15) is 24.6 Å². The summed E-state index contributed by atoms with van der Waals surface area (Å²) in [5.74, 6) is 0.986. The molecule has 1 atom stereocenters. The SMILES string of the molecule is Cn1nnnc1C1CCCN(C(=O)COc2ccc(F)cc2)C1. The second kappa shape index (κ2) is 6.72. The molecular formula is C15H18FN5O2. The number of ether oxygens (including phenoxy) is 1. The highest BCUT2D eigenvalue weighted by Crippen LogP contribution is 2.24. The molecule has 0 spiro atoms. The number of tetrazole rings is 1. The molecule has 1 amide bonds. The van der Waals surface area contributed by atoms with Crippen LogP contribution in [-0.4, -0.2) is 50.7 Å². The number of piperidine rings is 1. The maximum Gasteiger partial charge on any atom is 0.260 e. The molecule has 1 unspecified atom stereocenters. The Balaban J connectivity index is 1.56. The number of hydrogen-bond donors (Lipinski definition) is 0. The highest BCUT2D eigenvalue weighted by molar-refractivity contribution is 5.78. The summed E-state index contributed by atoms with van der Waals surface area (Å²) in [5, 5.41) is 11.5. The van der Waals surface area contributed by atoms with Crippen molar-refractivity contribution in [1.29, 1.82) is 0 Å². The smallest absolute Gasteiger partial charge is 0.260 e. The molecule has 1 saturated heterocycles. The van der Waals surface area contributed by atoms with Gasteiger partial charge in [-0.05, 0) is 47.5 Å². The third-order valence-electron chi connectivity index (χ3n) is 3.97. The van der Waals surface area contributed by atoms with E-state index in [1.165, 1.54) is 24.3 Å². The van der Waals surface area contributed by atoms with Gasteiger partial charge < -0.3 is 9.64 Å². The van der Waals surface area contributed by atoms with Gasteiger partial charge in [-0.3, -0.25) is 4.79 Å². The van der Waals surface area contributed by atoms with E-state index in [1.54, 1.807) is 16.6 Å². The van der Waals surface area contributed by atoms with Crippen LogP contribution in [0.25, 0.3) is 0 Å². The third kappa shape index (κ3) is 3.64. The van der Waals surface area contributed by atoms with Gasteiger partial charge in [-0.1, -0.05) is 0 Å². The minimum Gasteiger partial charge on any atom is -0.484 e. The third-order valence-corrected chi connectivity index (χ3v) is 3.97. The fourth-order valence-electron chi connectivity index (χ4n) is 2.76. The van der Waals surface area contributed by atoms with Crippen LogP contribution in [0.15, 0.2) is 24.3 Å². The number of rotatable bonds is 4. The highest BCUT2D eigenvalue weighted by atomic mass is 19.1. The van der Waals surface area contributed by atoms with E-state index in [1.807, 2.05) is 0 Å². The molecule has 2 aromatic rings. The highest BCUT2D eigenvalue weighted by Gasteiger charge is 2.27. The van der Waals surface area contributed by atoms with E-state index in [0.29, 0.717) is 18.8 Å². The standard InChI is InChI=1S/C15H18FN5O2/c1-20-15(17-18-19-20)11-3-2-8-21(9-11)14(22)10-23-13-6-4-12(16)5-7-13/h4-7,11H,2-3,8-10H2,1H3. The molecule has 1 aliphatic heterocycles. The second-order valence-electron chi connectivity index (χ2n) is 5.58. The molecule has 0 radical (unpaired) electrons. The number of carbonyl (C=O) groups is 1. The molecule has 1 aromatic carbocycles. The van der Waals surface area contributed by atoms with E-state index >= 15 is 0 Å². The maximum atomic E-state index is 12.8. The number of halogens is 1. The molecule has 0 aliphatic carbocycles. The Kier molecular flexibility index (Phi) is 4.50. The normalized spacial score (nSPS) is 18.0. The van der Waals surface area contributed by atoms with Gasteiger partial charge in [0.15, 0.2) is 12.4 Å². The van der Waals surface area contributed by atoms with Crippen LogP contribution in [0.3, 0.4) is 0 Å². The lowest BCUT2D eigenvalue weighted by atomic mass is 9.97. The molecule has 122 valence electrons. The first kappa shape index (κ1) is 15.4. The number of nitrogens with zero attached hydrogens (tertiary/aromatic N) is 5. The Morgan fingerprint density at radius 1 is 1.39 bits per heavy atom. The van der Waals surface area contributed by atoms with Crippen molar-refractivity contribution in [2.24, 2.45) is 7.05 Å². The number of carbonyl (C=O) groups excluding carboxylic acids is 1. The minimum atomic E-state index is -0.333. The van der Waals surface area contributed by atoms with Crippen LogP contribution in [-0.2, 0) is 11.8 Å². The Morgan fingerprint density at radius 3 is 2.87 bits per heavy atom. The number of hydrogen-bond acceptors (Lipinski definition) is 5. The van der Waals surface area contributed by atoms with Crippen molar-refractivity contribution in [3.05, 3.63) is 35.9 Å². The molecule has 1 fully saturated rings.